The van der Waals surface area contributed by atoms with Gasteiger partial charge in [-0.3, -0.25) is 14.4 Å². The van der Waals surface area contributed by atoms with Gasteiger partial charge in [-0.15, -0.1) is 0 Å². The first-order valence-corrected chi connectivity index (χ1v) is 13.4. The van der Waals surface area contributed by atoms with Crippen LogP contribution in [0.1, 0.15) is 39.2 Å². The number of nitrogens with two attached hydrogens (primary N) is 1. The number of rotatable bonds is 14. The van der Waals surface area contributed by atoms with E-state index in [1.807, 2.05) is 44.4 Å². The fourth-order valence-corrected chi connectivity index (χ4v) is 4.24. The van der Waals surface area contributed by atoms with Crippen LogP contribution in [0.15, 0.2) is 30.5 Å². The van der Waals surface area contributed by atoms with Gasteiger partial charge in [-0.1, -0.05) is 32.0 Å². The van der Waals surface area contributed by atoms with E-state index in [2.05, 4.69) is 20.9 Å². The number of hydrogen-bond acceptors (Lipinski definition) is 6. The van der Waals surface area contributed by atoms with E-state index < -0.39 is 47.9 Å². The number of aromatic nitrogens is 1. The van der Waals surface area contributed by atoms with Gasteiger partial charge in [0.05, 0.1) is 6.04 Å². The molecular formula is C25H37N5O5S. The molecule has 0 spiro atoms. The molecule has 0 bridgehead atoms. The van der Waals surface area contributed by atoms with Crippen molar-refractivity contribution in [1.29, 1.82) is 0 Å². The van der Waals surface area contributed by atoms with Gasteiger partial charge in [0, 0.05) is 23.5 Å². The monoisotopic (exact) mass is 519 g/mol. The fourth-order valence-electron chi connectivity index (χ4n) is 3.77. The number of hydrogen-bond donors (Lipinski definition) is 6. The molecule has 0 saturated carbocycles. The molecule has 1 aromatic carbocycles. The van der Waals surface area contributed by atoms with Crippen molar-refractivity contribution in [3.8, 4) is 0 Å². The second-order valence-corrected chi connectivity index (χ2v) is 10.3. The molecule has 0 aliphatic heterocycles. The van der Waals surface area contributed by atoms with Crippen molar-refractivity contribution in [2.45, 2.75) is 64.2 Å². The molecule has 7 N–H and O–H groups in total. The molecule has 0 aliphatic rings. The number of H-pyrrole nitrogens is 1. The molecule has 3 amide bonds. The topological polar surface area (TPSA) is 166 Å². The maximum Gasteiger partial charge on any atom is 0.326 e. The lowest BCUT2D eigenvalue weighted by molar-refractivity contribution is -0.142. The lowest BCUT2D eigenvalue weighted by atomic mass is 10.00. The van der Waals surface area contributed by atoms with Gasteiger partial charge in [0.15, 0.2) is 0 Å². The summed E-state index contributed by atoms with van der Waals surface area (Å²) in [5.41, 5.74) is 7.33. The maximum absolute atomic E-state index is 13.3. The highest BCUT2D eigenvalue weighted by molar-refractivity contribution is 7.98. The van der Waals surface area contributed by atoms with Crippen molar-refractivity contribution in [3.05, 3.63) is 36.0 Å². The second kappa shape index (κ2) is 13.9. The molecule has 10 nitrogen and oxygen atoms in total. The minimum atomic E-state index is -1.14. The van der Waals surface area contributed by atoms with Crippen LogP contribution in [0.4, 0.5) is 0 Å². The number of carboxylic acids is 1. The number of carbonyl (C=O) groups is 4. The van der Waals surface area contributed by atoms with E-state index in [-0.39, 0.29) is 18.8 Å². The van der Waals surface area contributed by atoms with Gasteiger partial charge in [0.2, 0.25) is 17.7 Å². The summed E-state index contributed by atoms with van der Waals surface area (Å²) in [6, 6.07) is 3.72. The Kier molecular flexibility index (Phi) is 11.3. The number of para-hydroxylation sites is 1. The normalized spacial score (nSPS) is 14.6. The molecule has 2 aromatic rings. The molecule has 11 heteroatoms. The number of thioether (sulfide) groups is 1. The predicted octanol–water partition coefficient (Wildman–Crippen LogP) is 1.40. The van der Waals surface area contributed by atoms with E-state index in [0.29, 0.717) is 12.2 Å². The number of carbonyl (C=O) groups excluding carboxylic acids is 3. The zero-order valence-electron chi connectivity index (χ0n) is 21.2. The molecular weight excluding hydrogens is 482 g/mol. The molecule has 4 atom stereocenters. The van der Waals surface area contributed by atoms with Crippen LogP contribution in [0.5, 0.6) is 0 Å². The van der Waals surface area contributed by atoms with E-state index in [1.165, 1.54) is 18.7 Å². The quantitative estimate of drug-likeness (QED) is 0.219. The molecule has 1 aromatic heterocycles. The Bertz CT molecular complexity index is 1050. The van der Waals surface area contributed by atoms with E-state index in [1.54, 1.807) is 6.20 Å². The standard InChI is InChI=1S/C25H37N5O5S/c1-14(2)11-20(29-22(31)15(3)26)23(32)30-21(24(33)28-19(25(34)35)9-10-36-4)12-16-13-27-18-8-6-5-7-17(16)18/h5-8,13-15,19-21,27H,9-12,26H2,1-4H3,(H,28,33)(H,29,31)(H,30,32)(H,34,35). The summed E-state index contributed by atoms with van der Waals surface area (Å²) in [4.78, 5) is 53.6. The highest BCUT2D eigenvalue weighted by atomic mass is 32.2. The lowest BCUT2D eigenvalue weighted by Crippen LogP contribution is -2.57. The summed E-state index contributed by atoms with van der Waals surface area (Å²) >= 11 is 1.48. The minimum absolute atomic E-state index is 0.0814. The Hall–Kier alpha value is -3.05. The van der Waals surface area contributed by atoms with Crippen LogP contribution in [0.3, 0.4) is 0 Å². The van der Waals surface area contributed by atoms with Crippen LogP contribution in [0.2, 0.25) is 0 Å². The van der Waals surface area contributed by atoms with Crippen molar-refractivity contribution in [3.63, 3.8) is 0 Å². The average molecular weight is 520 g/mol. The van der Waals surface area contributed by atoms with Gasteiger partial charge < -0.3 is 31.8 Å². The van der Waals surface area contributed by atoms with Crippen LogP contribution < -0.4 is 21.7 Å². The van der Waals surface area contributed by atoms with Crippen molar-refractivity contribution in [1.82, 2.24) is 20.9 Å². The molecule has 0 aliphatic carbocycles. The highest BCUT2D eigenvalue weighted by Crippen LogP contribution is 2.19. The Morgan fingerprint density at radius 1 is 0.972 bits per heavy atom. The Balaban J connectivity index is 2.31. The number of aliphatic carboxylic acids is 1. The van der Waals surface area contributed by atoms with Crippen molar-refractivity contribution in [2.24, 2.45) is 11.7 Å². The molecule has 36 heavy (non-hydrogen) atoms. The van der Waals surface area contributed by atoms with Gasteiger partial charge >= 0.3 is 5.97 Å². The summed E-state index contributed by atoms with van der Waals surface area (Å²) in [5, 5.41) is 18.4. The van der Waals surface area contributed by atoms with Crippen molar-refractivity contribution >= 4 is 46.4 Å². The third kappa shape index (κ3) is 8.56. The molecule has 1 heterocycles. The minimum Gasteiger partial charge on any atom is -0.480 e. The SMILES string of the molecule is CSCCC(NC(=O)C(Cc1c[nH]c2ccccc12)NC(=O)C(CC(C)C)NC(=O)C(C)N)C(=O)O. The number of amides is 3. The maximum atomic E-state index is 13.3. The molecule has 2 rings (SSSR count). The fraction of sp³-hybridized carbons (Fsp3) is 0.520. The van der Waals surface area contributed by atoms with Gasteiger partial charge in [-0.05, 0) is 49.3 Å². The number of benzene rings is 1. The van der Waals surface area contributed by atoms with Crippen LogP contribution in [0.25, 0.3) is 10.9 Å². The van der Waals surface area contributed by atoms with E-state index in [9.17, 15) is 24.3 Å². The second-order valence-electron chi connectivity index (χ2n) is 9.29. The lowest BCUT2D eigenvalue weighted by Gasteiger charge is -2.25. The van der Waals surface area contributed by atoms with Crippen LogP contribution in [-0.2, 0) is 25.6 Å². The summed E-state index contributed by atoms with van der Waals surface area (Å²) in [7, 11) is 0. The zero-order chi connectivity index (χ0) is 26.8. The zero-order valence-corrected chi connectivity index (χ0v) is 22.0. The number of nitrogens with one attached hydrogen (secondary N) is 4. The predicted molar refractivity (Wildman–Crippen MR) is 142 cm³/mol. The van der Waals surface area contributed by atoms with Gasteiger partial charge in [0.25, 0.3) is 0 Å². The van der Waals surface area contributed by atoms with E-state index >= 15 is 0 Å². The Labute approximate surface area is 215 Å². The Morgan fingerprint density at radius 2 is 1.58 bits per heavy atom. The van der Waals surface area contributed by atoms with Crippen LogP contribution in [0, 0.1) is 5.92 Å². The summed E-state index contributed by atoms with van der Waals surface area (Å²) in [6.45, 7) is 5.35. The van der Waals surface area contributed by atoms with Crippen LogP contribution >= 0.6 is 11.8 Å². The van der Waals surface area contributed by atoms with E-state index in [0.717, 1.165) is 16.5 Å². The average Bonchev–Trinajstić information content (AvgIpc) is 3.22. The molecule has 0 radical (unpaired) electrons. The van der Waals surface area contributed by atoms with Gasteiger partial charge in [-0.2, -0.15) is 11.8 Å². The van der Waals surface area contributed by atoms with Crippen molar-refractivity contribution in [2.75, 3.05) is 12.0 Å². The first-order valence-electron chi connectivity index (χ1n) is 12.0. The molecule has 0 saturated heterocycles. The van der Waals surface area contributed by atoms with Gasteiger partial charge in [0.1, 0.15) is 18.1 Å². The summed E-state index contributed by atoms with van der Waals surface area (Å²) in [6.07, 6.45) is 4.34. The summed E-state index contributed by atoms with van der Waals surface area (Å²) in [5.74, 6) is -2.13. The first kappa shape index (κ1) is 29.2. The smallest absolute Gasteiger partial charge is 0.326 e. The van der Waals surface area contributed by atoms with Crippen LogP contribution in [-0.4, -0.2) is 70.0 Å². The van der Waals surface area contributed by atoms with E-state index in [4.69, 9.17) is 5.73 Å². The number of fused-ring (bicyclic) bond motifs is 1. The number of carboxylic acid groups (broad SMARTS) is 1. The summed E-state index contributed by atoms with van der Waals surface area (Å²) < 4.78 is 0. The number of aromatic amines is 1. The molecule has 0 fully saturated rings. The Morgan fingerprint density at radius 3 is 2.19 bits per heavy atom. The first-order chi connectivity index (χ1) is 17.0. The molecule has 198 valence electrons. The van der Waals surface area contributed by atoms with Gasteiger partial charge in [-0.25, -0.2) is 4.79 Å². The molecule has 4 unspecified atom stereocenters. The third-order valence-corrected chi connectivity index (χ3v) is 6.35. The third-order valence-electron chi connectivity index (χ3n) is 5.71. The van der Waals surface area contributed by atoms with Crippen molar-refractivity contribution < 1.29 is 24.3 Å². The largest absolute Gasteiger partial charge is 0.480 e. The highest BCUT2D eigenvalue weighted by Gasteiger charge is 2.31.